The molecule has 0 spiro atoms. The van der Waals surface area contributed by atoms with E-state index in [1.165, 1.54) is 0 Å². The molecule has 0 atom stereocenters. The van der Waals surface area contributed by atoms with E-state index in [0.29, 0.717) is 11.5 Å². The number of halogens is 1. The van der Waals surface area contributed by atoms with Gasteiger partial charge in [0.2, 0.25) is 0 Å². The Morgan fingerprint density at radius 3 is 2.58 bits per heavy atom. The molecule has 2 aromatic heterocycles. The van der Waals surface area contributed by atoms with E-state index in [9.17, 15) is 4.79 Å². The molecule has 0 aliphatic heterocycles. The molecule has 19 heavy (non-hydrogen) atoms. The van der Waals surface area contributed by atoms with Gasteiger partial charge < -0.3 is 5.32 Å². The van der Waals surface area contributed by atoms with Crippen LogP contribution in [0.1, 0.15) is 27.3 Å². The molecule has 0 unspecified atom stereocenters. The number of rotatable bonds is 2. The number of hydrogen-bond donors (Lipinski definition) is 1. The predicted molar refractivity (Wildman–Crippen MR) is 78.3 cm³/mol. The largest absolute Gasteiger partial charge is 0.305 e. The Balaban J connectivity index is 2.22. The summed E-state index contributed by atoms with van der Waals surface area (Å²) in [6, 6.07) is 5.50. The van der Waals surface area contributed by atoms with E-state index in [2.05, 4.69) is 31.2 Å². The van der Waals surface area contributed by atoms with Crippen molar-refractivity contribution in [2.24, 2.45) is 0 Å². The topological polar surface area (TPSA) is 54.9 Å². The van der Waals surface area contributed by atoms with Crippen LogP contribution in [-0.4, -0.2) is 15.9 Å². The summed E-state index contributed by atoms with van der Waals surface area (Å²) >= 11 is 3.37. The van der Waals surface area contributed by atoms with Gasteiger partial charge in [-0.15, -0.1) is 0 Å². The van der Waals surface area contributed by atoms with Crippen molar-refractivity contribution in [1.29, 1.82) is 0 Å². The summed E-state index contributed by atoms with van der Waals surface area (Å²) in [5.74, 6) is 0.271. The molecule has 0 fully saturated rings. The van der Waals surface area contributed by atoms with Crippen LogP contribution < -0.4 is 5.32 Å². The van der Waals surface area contributed by atoms with E-state index in [1.54, 1.807) is 12.3 Å². The van der Waals surface area contributed by atoms with Crippen LogP contribution in [0.4, 0.5) is 5.82 Å². The number of hydrogen-bond acceptors (Lipinski definition) is 3. The Morgan fingerprint density at radius 2 is 1.95 bits per heavy atom. The van der Waals surface area contributed by atoms with Gasteiger partial charge in [0.15, 0.2) is 0 Å². The molecule has 2 heterocycles. The second kappa shape index (κ2) is 5.48. The van der Waals surface area contributed by atoms with E-state index in [1.807, 2.05) is 32.9 Å². The molecular formula is C14H14BrN3O. The fourth-order valence-electron chi connectivity index (χ4n) is 1.75. The SMILES string of the molecule is Cc1cc(C)nc(C(=O)Nc2cc(C)c(Br)cn2)c1. The summed E-state index contributed by atoms with van der Waals surface area (Å²) in [5.41, 5.74) is 3.25. The molecule has 0 aliphatic rings. The van der Waals surface area contributed by atoms with Gasteiger partial charge >= 0.3 is 0 Å². The summed E-state index contributed by atoms with van der Waals surface area (Å²) in [7, 11) is 0. The molecule has 1 amide bonds. The van der Waals surface area contributed by atoms with Crippen molar-refractivity contribution in [2.75, 3.05) is 5.32 Å². The highest BCUT2D eigenvalue weighted by molar-refractivity contribution is 9.10. The number of pyridine rings is 2. The zero-order valence-electron chi connectivity index (χ0n) is 11.0. The van der Waals surface area contributed by atoms with E-state index in [4.69, 9.17) is 0 Å². The molecule has 2 aromatic rings. The van der Waals surface area contributed by atoms with Crippen molar-refractivity contribution in [3.05, 3.63) is 51.4 Å². The maximum Gasteiger partial charge on any atom is 0.275 e. The van der Waals surface area contributed by atoms with Crippen LogP contribution >= 0.6 is 15.9 Å². The number of carbonyl (C=O) groups excluding carboxylic acids is 1. The van der Waals surface area contributed by atoms with Gasteiger partial charge in [-0.05, 0) is 66.0 Å². The molecule has 98 valence electrons. The summed E-state index contributed by atoms with van der Waals surface area (Å²) < 4.78 is 0.912. The average molecular weight is 320 g/mol. The van der Waals surface area contributed by atoms with Gasteiger partial charge in [-0.1, -0.05) is 0 Å². The maximum atomic E-state index is 12.1. The minimum Gasteiger partial charge on any atom is -0.305 e. The smallest absolute Gasteiger partial charge is 0.275 e. The van der Waals surface area contributed by atoms with Crippen LogP contribution in [0.15, 0.2) is 28.9 Å². The minimum atomic E-state index is -0.249. The fourth-order valence-corrected chi connectivity index (χ4v) is 1.96. The Labute approximate surface area is 120 Å². The first-order valence-electron chi connectivity index (χ1n) is 5.84. The minimum absolute atomic E-state index is 0.249. The fraction of sp³-hybridized carbons (Fsp3) is 0.214. The molecule has 0 bridgehead atoms. The quantitative estimate of drug-likeness (QED) is 0.922. The number of nitrogens with zero attached hydrogens (tertiary/aromatic N) is 2. The van der Waals surface area contributed by atoms with Gasteiger partial charge in [-0.2, -0.15) is 0 Å². The lowest BCUT2D eigenvalue weighted by atomic mass is 10.2. The molecule has 0 radical (unpaired) electrons. The van der Waals surface area contributed by atoms with Crippen LogP contribution in [0.5, 0.6) is 0 Å². The Kier molecular flexibility index (Phi) is 3.95. The maximum absolute atomic E-state index is 12.1. The molecule has 0 saturated heterocycles. The highest BCUT2D eigenvalue weighted by atomic mass is 79.9. The van der Waals surface area contributed by atoms with Crippen molar-refractivity contribution < 1.29 is 4.79 Å². The third-order valence-electron chi connectivity index (χ3n) is 2.62. The first-order valence-corrected chi connectivity index (χ1v) is 6.64. The Hall–Kier alpha value is -1.75. The highest BCUT2D eigenvalue weighted by Gasteiger charge is 2.10. The van der Waals surface area contributed by atoms with Gasteiger partial charge in [0.05, 0.1) is 0 Å². The number of aryl methyl sites for hydroxylation is 3. The molecule has 0 aromatic carbocycles. The van der Waals surface area contributed by atoms with Crippen molar-refractivity contribution in [3.63, 3.8) is 0 Å². The standard InChI is InChI=1S/C14H14BrN3O/c1-8-4-10(3)17-12(5-8)14(19)18-13-6-9(2)11(15)7-16-13/h4-7H,1-3H3,(H,16,18,19). The van der Waals surface area contributed by atoms with Gasteiger partial charge in [0.25, 0.3) is 5.91 Å². The van der Waals surface area contributed by atoms with Crippen LogP contribution in [0.3, 0.4) is 0 Å². The number of amides is 1. The van der Waals surface area contributed by atoms with Crippen molar-refractivity contribution in [2.45, 2.75) is 20.8 Å². The third-order valence-corrected chi connectivity index (χ3v) is 3.45. The lowest BCUT2D eigenvalue weighted by Gasteiger charge is -2.07. The second-order valence-corrected chi connectivity index (χ2v) is 5.30. The van der Waals surface area contributed by atoms with Crippen molar-refractivity contribution >= 4 is 27.7 Å². The molecule has 1 N–H and O–H groups in total. The van der Waals surface area contributed by atoms with Gasteiger partial charge in [-0.25, -0.2) is 9.97 Å². The molecule has 0 aliphatic carbocycles. The van der Waals surface area contributed by atoms with Crippen LogP contribution in [-0.2, 0) is 0 Å². The number of carbonyl (C=O) groups is 1. The van der Waals surface area contributed by atoms with Crippen LogP contribution in [0, 0.1) is 20.8 Å². The second-order valence-electron chi connectivity index (χ2n) is 4.44. The predicted octanol–water partition coefficient (Wildman–Crippen LogP) is 3.42. The highest BCUT2D eigenvalue weighted by Crippen LogP contribution is 2.17. The summed E-state index contributed by atoms with van der Waals surface area (Å²) in [6.45, 7) is 5.75. The van der Waals surface area contributed by atoms with Gasteiger partial charge in [0.1, 0.15) is 11.5 Å². The summed E-state index contributed by atoms with van der Waals surface area (Å²) in [6.07, 6.45) is 1.67. The van der Waals surface area contributed by atoms with E-state index in [-0.39, 0.29) is 5.91 Å². The molecule has 4 nitrogen and oxygen atoms in total. The zero-order valence-corrected chi connectivity index (χ0v) is 12.6. The van der Waals surface area contributed by atoms with Crippen molar-refractivity contribution in [1.82, 2.24) is 9.97 Å². The molecule has 0 saturated carbocycles. The average Bonchev–Trinajstić information content (AvgIpc) is 2.32. The number of aromatic nitrogens is 2. The molecule has 5 heteroatoms. The summed E-state index contributed by atoms with van der Waals surface area (Å²) in [5, 5.41) is 2.75. The van der Waals surface area contributed by atoms with Gasteiger partial charge in [-0.3, -0.25) is 4.79 Å². The lowest BCUT2D eigenvalue weighted by Crippen LogP contribution is -2.15. The Morgan fingerprint density at radius 1 is 1.21 bits per heavy atom. The van der Waals surface area contributed by atoms with E-state index >= 15 is 0 Å². The first kappa shape index (κ1) is 13.7. The third kappa shape index (κ3) is 3.38. The molecular weight excluding hydrogens is 306 g/mol. The summed E-state index contributed by atoms with van der Waals surface area (Å²) in [4.78, 5) is 20.5. The van der Waals surface area contributed by atoms with E-state index < -0.39 is 0 Å². The first-order chi connectivity index (χ1) is 8.95. The van der Waals surface area contributed by atoms with Gasteiger partial charge in [0, 0.05) is 16.4 Å². The lowest BCUT2D eigenvalue weighted by molar-refractivity contribution is 0.102. The van der Waals surface area contributed by atoms with E-state index in [0.717, 1.165) is 21.3 Å². The molecule has 2 rings (SSSR count). The van der Waals surface area contributed by atoms with Crippen molar-refractivity contribution in [3.8, 4) is 0 Å². The number of anilines is 1. The monoisotopic (exact) mass is 319 g/mol. The normalized spacial score (nSPS) is 10.3. The van der Waals surface area contributed by atoms with Crippen LogP contribution in [0.25, 0.3) is 0 Å². The van der Waals surface area contributed by atoms with Crippen LogP contribution in [0.2, 0.25) is 0 Å². The Bertz CT molecular complexity index is 620. The zero-order chi connectivity index (χ0) is 14.0. The number of nitrogens with one attached hydrogen (secondary N) is 1.